The second-order valence-corrected chi connectivity index (χ2v) is 2.19. The molecular weight excluding hydrogens is 112 g/mol. The summed E-state index contributed by atoms with van der Waals surface area (Å²) in [6.07, 6.45) is 2.96. The highest BCUT2D eigenvalue weighted by molar-refractivity contribution is 4.58. The molecule has 0 rings (SSSR count). The third-order valence-electron chi connectivity index (χ3n) is 1.38. The molecule has 0 aromatic carbocycles. The highest BCUT2D eigenvalue weighted by Gasteiger charge is 1.98. The molecule has 1 unspecified atom stereocenters. The van der Waals surface area contributed by atoms with Gasteiger partial charge < -0.3 is 10.6 Å². The van der Waals surface area contributed by atoms with Gasteiger partial charge in [0.15, 0.2) is 0 Å². The lowest BCUT2D eigenvalue weighted by Crippen LogP contribution is -2.39. The van der Waals surface area contributed by atoms with E-state index in [2.05, 4.69) is 24.5 Å². The molecule has 0 radical (unpaired) electrons. The fraction of sp³-hybridized carbons (Fsp3) is 1.00. The van der Waals surface area contributed by atoms with Crippen molar-refractivity contribution in [3.05, 3.63) is 0 Å². The van der Waals surface area contributed by atoms with Crippen LogP contribution in [0.1, 0.15) is 26.7 Å². The third-order valence-corrected chi connectivity index (χ3v) is 1.38. The predicted octanol–water partition coefficient (Wildman–Crippen LogP) is 0.942. The van der Waals surface area contributed by atoms with Crippen molar-refractivity contribution in [2.45, 2.75) is 32.9 Å². The maximum atomic E-state index is 3.32. The van der Waals surface area contributed by atoms with Gasteiger partial charge in [0.05, 0.1) is 6.17 Å². The molecule has 0 saturated heterocycles. The van der Waals surface area contributed by atoms with Crippen molar-refractivity contribution in [2.75, 3.05) is 13.6 Å². The summed E-state index contributed by atoms with van der Waals surface area (Å²) >= 11 is 0. The third kappa shape index (κ3) is 4.43. The molecule has 0 aliphatic rings. The molecule has 0 heterocycles. The first-order valence-electron chi connectivity index (χ1n) is 3.75. The Balaban J connectivity index is 3.18. The predicted molar refractivity (Wildman–Crippen MR) is 41.4 cm³/mol. The Hall–Kier alpha value is -0.0800. The maximum absolute atomic E-state index is 3.32. The molecule has 9 heavy (non-hydrogen) atoms. The number of hydrogen-bond donors (Lipinski definition) is 2. The van der Waals surface area contributed by atoms with E-state index in [1.165, 1.54) is 12.8 Å². The number of rotatable bonds is 5. The summed E-state index contributed by atoms with van der Waals surface area (Å²) in [7, 11) is 1.99. The quantitative estimate of drug-likeness (QED) is 0.541. The van der Waals surface area contributed by atoms with Gasteiger partial charge in [-0.1, -0.05) is 20.3 Å². The molecule has 2 heteroatoms. The van der Waals surface area contributed by atoms with Gasteiger partial charge in [-0.2, -0.15) is 0 Å². The Morgan fingerprint density at radius 2 is 2.00 bits per heavy atom. The van der Waals surface area contributed by atoms with Crippen LogP contribution in [0.25, 0.3) is 0 Å². The van der Waals surface area contributed by atoms with E-state index in [1.807, 2.05) is 7.05 Å². The van der Waals surface area contributed by atoms with Gasteiger partial charge in [0.1, 0.15) is 0 Å². The summed E-state index contributed by atoms with van der Waals surface area (Å²) in [6.45, 7) is 5.37. The lowest BCUT2D eigenvalue weighted by molar-refractivity contribution is 0.435. The zero-order chi connectivity index (χ0) is 7.11. The molecule has 0 amide bonds. The van der Waals surface area contributed by atoms with Gasteiger partial charge in [0.2, 0.25) is 0 Å². The van der Waals surface area contributed by atoms with Crippen molar-refractivity contribution in [1.29, 1.82) is 0 Å². The maximum Gasteiger partial charge on any atom is 0.0568 e. The number of hydrogen-bond acceptors (Lipinski definition) is 2. The second kappa shape index (κ2) is 6.05. The molecule has 2 N–H and O–H groups in total. The van der Waals surface area contributed by atoms with Crippen LogP contribution in [-0.4, -0.2) is 19.8 Å². The minimum Gasteiger partial charge on any atom is -0.305 e. The van der Waals surface area contributed by atoms with Crippen LogP contribution in [0.3, 0.4) is 0 Å². The normalized spacial score (nSPS) is 13.7. The van der Waals surface area contributed by atoms with Gasteiger partial charge >= 0.3 is 0 Å². The lowest BCUT2D eigenvalue weighted by atomic mass is 10.3. The van der Waals surface area contributed by atoms with E-state index in [4.69, 9.17) is 0 Å². The van der Waals surface area contributed by atoms with Crippen molar-refractivity contribution in [2.24, 2.45) is 0 Å². The van der Waals surface area contributed by atoms with Gasteiger partial charge in [-0.3, -0.25) is 0 Å². The Labute approximate surface area is 58.0 Å². The van der Waals surface area contributed by atoms with Crippen LogP contribution in [0.4, 0.5) is 0 Å². The van der Waals surface area contributed by atoms with Gasteiger partial charge in [-0.25, -0.2) is 0 Å². The van der Waals surface area contributed by atoms with Crippen LogP contribution in [-0.2, 0) is 0 Å². The van der Waals surface area contributed by atoms with Crippen molar-refractivity contribution in [3.8, 4) is 0 Å². The fourth-order valence-corrected chi connectivity index (χ4v) is 0.884. The molecular formula is C7H18N2. The van der Waals surface area contributed by atoms with Crippen molar-refractivity contribution >= 4 is 0 Å². The van der Waals surface area contributed by atoms with Gasteiger partial charge in [-0.15, -0.1) is 0 Å². The molecule has 0 bridgehead atoms. The summed E-state index contributed by atoms with van der Waals surface area (Å²) in [6, 6.07) is 0. The first kappa shape index (κ1) is 8.92. The van der Waals surface area contributed by atoms with Crippen molar-refractivity contribution in [3.63, 3.8) is 0 Å². The summed E-state index contributed by atoms with van der Waals surface area (Å²) in [4.78, 5) is 0. The van der Waals surface area contributed by atoms with Crippen molar-refractivity contribution in [1.82, 2.24) is 10.6 Å². The Morgan fingerprint density at radius 3 is 2.33 bits per heavy atom. The molecule has 1 atom stereocenters. The van der Waals surface area contributed by atoms with E-state index in [-0.39, 0.29) is 0 Å². The van der Waals surface area contributed by atoms with E-state index >= 15 is 0 Å². The molecule has 0 aliphatic heterocycles. The smallest absolute Gasteiger partial charge is 0.0568 e. The van der Waals surface area contributed by atoms with Gasteiger partial charge in [0, 0.05) is 0 Å². The molecule has 0 fully saturated rings. The molecule has 0 aromatic heterocycles. The first-order valence-corrected chi connectivity index (χ1v) is 3.75. The van der Waals surface area contributed by atoms with Gasteiger partial charge in [-0.05, 0) is 20.0 Å². The second-order valence-electron chi connectivity index (χ2n) is 2.19. The van der Waals surface area contributed by atoms with E-state index in [0.29, 0.717) is 6.17 Å². The zero-order valence-electron chi connectivity index (χ0n) is 6.70. The van der Waals surface area contributed by atoms with Crippen LogP contribution in [0, 0.1) is 0 Å². The van der Waals surface area contributed by atoms with E-state index < -0.39 is 0 Å². The standard InChI is InChI=1S/C7H18N2/c1-4-6-7(8-3)9-5-2/h7-9H,4-6H2,1-3H3. The summed E-state index contributed by atoms with van der Waals surface area (Å²) in [5, 5.41) is 6.51. The molecule has 2 nitrogen and oxygen atoms in total. The number of nitrogens with one attached hydrogen (secondary N) is 2. The fourth-order valence-electron chi connectivity index (χ4n) is 0.884. The SMILES string of the molecule is CCCC(NC)NCC. The van der Waals surface area contributed by atoms with E-state index in [9.17, 15) is 0 Å². The van der Waals surface area contributed by atoms with Crippen LogP contribution < -0.4 is 10.6 Å². The summed E-state index contributed by atoms with van der Waals surface area (Å²) in [5.74, 6) is 0. The molecule has 0 spiro atoms. The molecule has 0 aliphatic carbocycles. The average molecular weight is 130 g/mol. The first-order chi connectivity index (χ1) is 4.35. The molecule has 56 valence electrons. The summed E-state index contributed by atoms with van der Waals surface area (Å²) in [5.41, 5.74) is 0. The van der Waals surface area contributed by atoms with Crippen LogP contribution in [0.5, 0.6) is 0 Å². The highest BCUT2D eigenvalue weighted by Crippen LogP contribution is 1.90. The van der Waals surface area contributed by atoms with Crippen molar-refractivity contribution < 1.29 is 0 Å². The van der Waals surface area contributed by atoms with E-state index in [1.54, 1.807) is 0 Å². The van der Waals surface area contributed by atoms with Crippen LogP contribution in [0.2, 0.25) is 0 Å². The largest absolute Gasteiger partial charge is 0.305 e. The average Bonchev–Trinajstić information content (AvgIpc) is 1.88. The van der Waals surface area contributed by atoms with Gasteiger partial charge in [0.25, 0.3) is 0 Å². The van der Waals surface area contributed by atoms with Crippen LogP contribution in [0.15, 0.2) is 0 Å². The Kier molecular flexibility index (Phi) is 5.99. The lowest BCUT2D eigenvalue weighted by Gasteiger charge is -2.14. The zero-order valence-corrected chi connectivity index (χ0v) is 6.70. The van der Waals surface area contributed by atoms with E-state index in [0.717, 1.165) is 6.54 Å². The minimum absolute atomic E-state index is 0.514. The highest BCUT2D eigenvalue weighted by atomic mass is 15.1. The minimum atomic E-state index is 0.514. The topological polar surface area (TPSA) is 24.1 Å². The van der Waals surface area contributed by atoms with Crippen LogP contribution >= 0.6 is 0 Å². The summed E-state index contributed by atoms with van der Waals surface area (Å²) < 4.78 is 0. The molecule has 0 saturated carbocycles. The molecule has 0 aromatic rings. The Bertz CT molecular complexity index is 48.9. The Morgan fingerprint density at radius 1 is 1.33 bits per heavy atom. The monoisotopic (exact) mass is 130 g/mol.